The van der Waals surface area contributed by atoms with Crippen LogP contribution in [0.2, 0.25) is 0 Å². The Morgan fingerprint density at radius 3 is 2.75 bits per heavy atom. The summed E-state index contributed by atoms with van der Waals surface area (Å²) in [6.07, 6.45) is 1.73. The highest BCUT2D eigenvalue weighted by Crippen LogP contribution is 2.22. The van der Waals surface area contributed by atoms with Crippen LogP contribution in [-0.4, -0.2) is 20.9 Å². The van der Waals surface area contributed by atoms with Crippen molar-refractivity contribution in [2.24, 2.45) is 7.05 Å². The van der Waals surface area contributed by atoms with Crippen LogP contribution in [0.25, 0.3) is 0 Å². The highest BCUT2D eigenvalue weighted by molar-refractivity contribution is 9.10. The first kappa shape index (κ1) is 9.25. The molecule has 0 aliphatic carbocycles. The fourth-order valence-electron chi connectivity index (χ4n) is 0.887. The average molecular weight is 233 g/mol. The monoisotopic (exact) mass is 232 g/mol. The maximum atomic E-state index is 10.6. The lowest BCUT2D eigenvalue weighted by molar-refractivity contribution is -0.138. The van der Waals surface area contributed by atoms with Gasteiger partial charge >= 0.3 is 5.97 Å². The van der Waals surface area contributed by atoms with E-state index >= 15 is 0 Å². The molecule has 1 N–H and O–H groups in total. The first-order valence-electron chi connectivity index (χ1n) is 3.44. The molecule has 0 bridgehead atoms. The van der Waals surface area contributed by atoms with Crippen LogP contribution in [0.15, 0.2) is 10.7 Å². The molecule has 1 aromatic rings. The average Bonchev–Trinajstić information content (AvgIpc) is 2.28. The van der Waals surface area contributed by atoms with Crippen LogP contribution in [0.3, 0.4) is 0 Å². The SMILES string of the molecule is CC(C(=O)O)c1nn(C)cc1Br. The van der Waals surface area contributed by atoms with Gasteiger partial charge in [0.2, 0.25) is 0 Å². The maximum Gasteiger partial charge on any atom is 0.312 e. The molecule has 0 aliphatic rings. The summed E-state index contributed by atoms with van der Waals surface area (Å²) in [5.74, 6) is -1.44. The molecular formula is C7H9BrN2O2. The Bertz CT molecular complexity index is 308. The summed E-state index contributed by atoms with van der Waals surface area (Å²) in [6.45, 7) is 1.61. The van der Waals surface area contributed by atoms with Gasteiger partial charge in [-0.05, 0) is 22.9 Å². The fraction of sp³-hybridized carbons (Fsp3) is 0.429. The summed E-state index contributed by atoms with van der Waals surface area (Å²) < 4.78 is 2.32. The fourth-order valence-corrected chi connectivity index (χ4v) is 1.61. The first-order chi connectivity index (χ1) is 5.52. The number of rotatable bonds is 2. The Morgan fingerprint density at radius 2 is 2.42 bits per heavy atom. The van der Waals surface area contributed by atoms with Crippen LogP contribution < -0.4 is 0 Å². The molecule has 12 heavy (non-hydrogen) atoms. The lowest BCUT2D eigenvalue weighted by Crippen LogP contribution is -2.08. The van der Waals surface area contributed by atoms with Gasteiger partial charge < -0.3 is 5.11 Å². The lowest BCUT2D eigenvalue weighted by atomic mass is 10.1. The minimum absolute atomic E-state index is 0.560. The molecule has 0 radical (unpaired) electrons. The highest BCUT2D eigenvalue weighted by atomic mass is 79.9. The van der Waals surface area contributed by atoms with Crippen molar-refractivity contribution < 1.29 is 9.90 Å². The van der Waals surface area contributed by atoms with E-state index in [9.17, 15) is 4.79 Å². The molecule has 0 aliphatic heterocycles. The molecule has 0 saturated heterocycles. The number of nitrogens with zero attached hydrogens (tertiary/aromatic N) is 2. The van der Waals surface area contributed by atoms with Gasteiger partial charge in [-0.15, -0.1) is 0 Å². The van der Waals surface area contributed by atoms with E-state index in [2.05, 4.69) is 21.0 Å². The van der Waals surface area contributed by atoms with Gasteiger partial charge in [-0.25, -0.2) is 0 Å². The summed E-state index contributed by atoms with van der Waals surface area (Å²) in [7, 11) is 1.75. The molecule has 1 heterocycles. The second kappa shape index (κ2) is 3.26. The van der Waals surface area contributed by atoms with Crippen molar-refractivity contribution in [3.63, 3.8) is 0 Å². The number of aryl methyl sites for hydroxylation is 1. The van der Waals surface area contributed by atoms with Gasteiger partial charge in [-0.1, -0.05) is 0 Å². The predicted octanol–water partition coefficient (Wildman–Crippen LogP) is 1.37. The van der Waals surface area contributed by atoms with Gasteiger partial charge in [0.1, 0.15) is 0 Å². The largest absolute Gasteiger partial charge is 0.481 e. The van der Waals surface area contributed by atoms with Crippen molar-refractivity contribution in [3.05, 3.63) is 16.4 Å². The van der Waals surface area contributed by atoms with Gasteiger partial charge in [0.15, 0.2) is 0 Å². The zero-order chi connectivity index (χ0) is 9.30. The predicted molar refractivity (Wildman–Crippen MR) is 47.0 cm³/mol. The van der Waals surface area contributed by atoms with Gasteiger partial charge in [-0.2, -0.15) is 5.10 Å². The lowest BCUT2D eigenvalue weighted by Gasteiger charge is -2.01. The third-order valence-electron chi connectivity index (χ3n) is 1.59. The molecule has 0 spiro atoms. The van der Waals surface area contributed by atoms with E-state index in [-0.39, 0.29) is 0 Å². The van der Waals surface area contributed by atoms with Crippen LogP contribution in [0.5, 0.6) is 0 Å². The van der Waals surface area contributed by atoms with E-state index in [1.165, 1.54) is 0 Å². The number of hydrogen-bond acceptors (Lipinski definition) is 2. The standard InChI is InChI=1S/C7H9BrN2O2/c1-4(7(11)12)6-5(8)3-10(2)9-6/h3-4H,1-2H3,(H,11,12). The summed E-state index contributed by atoms with van der Waals surface area (Å²) in [6, 6.07) is 0. The Morgan fingerprint density at radius 1 is 1.83 bits per heavy atom. The van der Waals surface area contributed by atoms with E-state index in [4.69, 9.17) is 5.11 Å². The van der Waals surface area contributed by atoms with Crippen molar-refractivity contribution in [2.75, 3.05) is 0 Å². The van der Waals surface area contributed by atoms with Gasteiger partial charge in [-0.3, -0.25) is 9.48 Å². The molecule has 1 atom stereocenters. The Hall–Kier alpha value is -0.840. The van der Waals surface area contributed by atoms with E-state index < -0.39 is 11.9 Å². The quantitative estimate of drug-likeness (QED) is 0.839. The molecular weight excluding hydrogens is 224 g/mol. The van der Waals surface area contributed by atoms with Gasteiger partial charge in [0.25, 0.3) is 0 Å². The molecule has 0 aromatic carbocycles. The maximum absolute atomic E-state index is 10.6. The van der Waals surface area contributed by atoms with Crippen molar-refractivity contribution in [3.8, 4) is 0 Å². The van der Waals surface area contributed by atoms with E-state index in [0.717, 1.165) is 4.47 Å². The molecule has 0 fully saturated rings. The normalized spacial score (nSPS) is 12.9. The number of aromatic nitrogens is 2. The molecule has 66 valence electrons. The summed E-state index contributed by atoms with van der Waals surface area (Å²) >= 11 is 3.24. The number of halogens is 1. The van der Waals surface area contributed by atoms with Crippen molar-refractivity contribution in [1.29, 1.82) is 0 Å². The third kappa shape index (κ3) is 1.66. The molecule has 1 aromatic heterocycles. The molecule has 0 amide bonds. The number of carboxylic acids is 1. The van der Waals surface area contributed by atoms with E-state index in [1.54, 1.807) is 24.9 Å². The zero-order valence-corrected chi connectivity index (χ0v) is 8.37. The van der Waals surface area contributed by atoms with Gasteiger partial charge in [0.05, 0.1) is 16.1 Å². The van der Waals surface area contributed by atoms with E-state index in [0.29, 0.717) is 5.69 Å². The summed E-state index contributed by atoms with van der Waals surface area (Å²) in [5, 5.41) is 12.7. The second-order valence-corrected chi connectivity index (χ2v) is 3.45. The highest BCUT2D eigenvalue weighted by Gasteiger charge is 2.19. The van der Waals surface area contributed by atoms with Crippen LogP contribution in [0, 0.1) is 0 Å². The molecule has 5 heteroatoms. The van der Waals surface area contributed by atoms with Crippen LogP contribution in [0.4, 0.5) is 0 Å². The van der Waals surface area contributed by atoms with Crippen LogP contribution in [-0.2, 0) is 11.8 Å². The Labute approximate surface area is 78.3 Å². The molecule has 4 nitrogen and oxygen atoms in total. The van der Waals surface area contributed by atoms with Crippen LogP contribution in [0.1, 0.15) is 18.5 Å². The van der Waals surface area contributed by atoms with Crippen molar-refractivity contribution >= 4 is 21.9 Å². The Kier molecular flexibility index (Phi) is 2.52. The second-order valence-electron chi connectivity index (χ2n) is 2.60. The summed E-state index contributed by atoms with van der Waals surface area (Å²) in [5.41, 5.74) is 0.560. The minimum atomic E-state index is -0.866. The number of aliphatic carboxylic acids is 1. The number of carbonyl (C=O) groups is 1. The minimum Gasteiger partial charge on any atom is -0.481 e. The van der Waals surface area contributed by atoms with Crippen molar-refractivity contribution in [2.45, 2.75) is 12.8 Å². The van der Waals surface area contributed by atoms with E-state index in [1.807, 2.05) is 0 Å². The smallest absolute Gasteiger partial charge is 0.312 e. The van der Waals surface area contributed by atoms with Gasteiger partial charge in [0, 0.05) is 13.2 Å². The summed E-state index contributed by atoms with van der Waals surface area (Å²) in [4.78, 5) is 10.6. The molecule has 1 unspecified atom stereocenters. The zero-order valence-electron chi connectivity index (χ0n) is 6.78. The number of hydrogen-bond donors (Lipinski definition) is 1. The topological polar surface area (TPSA) is 55.1 Å². The molecule has 1 rings (SSSR count). The van der Waals surface area contributed by atoms with Crippen LogP contribution >= 0.6 is 15.9 Å². The first-order valence-corrected chi connectivity index (χ1v) is 4.23. The third-order valence-corrected chi connectivity index (χ3v) is 2.20. The molecule has 0 saturated carbocycles. The van der Waals surface area contributed by atoms with Crippen molar-refractivity contribution in [1.82, 2.24) is 9.78 Å². The Balaban J connectivity index is 3.02. The number of carboxylic acid groups (broad SMARTS) is 1.